The molecule has 0 atom stereocenters. The van der Waals surface area contributed by atoms with Gasteiger partial charge in [-0.05, 0) is 44.7 Å². The fourth-order valence-corrected chi connectivity index (χ4v) is 3.26. The smallest absolute Gasteiger partial charge is 0.345 e. The fourth-order valence-electron chi connectivity index (χ4n) is 2.43. The van der Waals surface area contributed by atoms with Gasteiger partial charge in [0.25, 0.3) is 5.91 Å². The monoisotopic (exact) mass is 372 g/mol. The molecule has 0 saturated carbocycles. The highest BCUT2D eigenvalue weighted by molar-refractivity contribution is 7.20. The first-order valence-corrected chi connectivity index (χ1v) is 8.98. The maximum atomic E-state index is 12.5. The third-order valence-electron chi connectivity index (χ3n) is 4.23. The molecule has 3 aromatic rings. The molecule has 2 heterocycles. The minimum atomic E-state index is -1.01. The molecule has 1 aromatic carbocycles. The SMILES string of the molecule is CC(C)N(C)Cc1ccc(C(=O)Nc2[nH]nc3sc(C(=O)O)cc23)cc1. The third kappa shape index (κ3) is 3.76. The number of nitrogens with one attached hydrogen (secondary N) is 2. The van der Waals surface area contributed by atoms with E-state index in [0.29, 0.717) is 27.6 Å². The molecular formula is C18H20N4O3S. The second-order valence-electron chi connectivity index (χ2n) is 6.39. The molecule has 136 valence electrons. The van der Waals surface area contributed by atoms with Gasteiger partial charge < -0.3 is 10.4 Å². The first-order chi connectivity index (χ1) is 12.3. The number of benzene rings is 1. The van der Waals surface area contributed by atoms with Gasteiger partial charge in [-0.25, -0.2) is 4.79 Å². The number of carboxylic acids is 1. The van der Waals surface area contributed by atoms with Gasteiger partial charge >= 0.3 is 5.97 Å². The van der Waals surface area contributed by atoms with Crippen LogP contribution in [0.5, 0.6) is 0 Å². The van der Waals surface area contributed by atoms with E-state index in [2.05, 4.69) is 41.3 Å². The quantitative estimate of drug-likeness (QED) is 0.616. The van der Waals surface area contributed by atoms with E-state index in [1.807, 2.05) is 12.1 Å². The molecule has 0 spiro atoms. The minimum Gasteiger partial charge on any atom is -0.477 e. The molecule has 26 heavy (non-hydrogen) atoms. The Labute approximate surface area is 154 Å². The van der Waals surface area contributed by atoms with Gasteiger partial charge in [0.2, 0.25) is 0 Å². The number of anilines is 1. The number of fused-ring (bicyclic) bond motifs is 1. The Hall–Kier alpha value is -2.71. The summed E-state index contributed by atoms with van der Waals surface area (Å²) in [7, 11) is 2.06. The Balaban J connectivity index is 1.73. The largest absolute Gasteiger partial charge is 0.477 e. The number of hydrogen-bond acceptors (Lipinski definition) is 5. The van der Waals surface area contributed by atoms with Gasteiger partial charge in [0.05, 0.1) is 5.39 Å². The van der Waals surface area contributed by atoms with Crippen molar-refractivity contribution in [3.63, 3.8) is 0 Å². The molecule has 0 aliphatic rings. The van der Waals surface area contributed by atoms with Gasteiger partial charge in [0, 0.05) is 18.2 Å². The van der Waals surface area contributed by atoms with Crippen LogP contribution in [0.2, 0.25) is 0 Å². The number of carbonyl (C=O) groups excluding carboxylic acids is 1. The molecule has 1 amide bonds. The lowest BCUT2D eigenvalue weighted by Crippen LogP contribution is -2.25. The normalized spacial score (nSPS) is 11.4. The van der Waals surface area contributed by atoms with Crippen LogP contribution in [0, 0.1) is 0 Å². The Kier molecular flexibility index (Phi) is 5.06. The zero-order valence-electron chi connectivity index (χ0n) is 14.7. The number of hydrogen-bond donors (Lipinski definition) is 3. The lowest BCUT2D eigenvalue weighted by molar-refractivity contribution is 0.0702. The number of thiophene rings is 1. The predicted octanol–water partition coefficient (Wildman–Crippen LogP) is 3.42. The highest BCUT2D eigenvalue weighted by atomic mass is 32.1. The number of aromatic amines is 1. The minimum absolute atomic E-state index is 0.186. The second kappa shape index (κ2) is 7.27. The lowest BCUT2D eigenvalue weighted by Gasteiger charge is -2.20. The molecule has 2 aromatic heterocycles. The number of aromatic carboxylic acids is 1. The molecular weight excluding hydrogens is 352 g/mol. The summed E-state index contributed by atoms with van der Waals surface area (Å²) >= 11 is 1.06. The van der Waals surface area contributed by atoms with E-state index in [1.165, 1.54) is 6.07 Å². The number of aromatic nitrogens is 2. The van der Waals surface area contributed by atoms with E-state index in [9.17, 15) is 9.59 Å². The summed E-state index contributed by atoms with van der Waals surface area (Å²) in [5, 5.41) is 19.2. The Morgan fingerprint density at radius 3 is 2.62 bits per heavy atom. The molecule has 0 radical (unpaired) electrons. The Morgan fingerprint density at radius 1 is 1.31 bits per heavy atom. The van der Waals surface area contributed by atoms with Crippen molar-refractivity contribution in [3.05, 3.63) is 46.3 Å². The van der Waals surface area contributed by atoms with Gasteiger partial charge in [-0.2, -0.15) is 5.10 Å². The summed E-state index contributed by atoms with van der Waals surface area (Å²) in [5.74, 6) is -0.882. The van der Waals surface area contributed by atoms with Crippen LogP contribution in [0.3, 0.4) is 0 Å². The van der Waals surface area contributed by atoms with Crippen molar-refractivity contribution in [2.24, 2.45) is 0 Å². The van der Waals surface area contributed by atoms with E-state index in [1.54, 1.807) is 12.1 Å². The standard InChI is InChI=1S/C18H20N4O3S/c1-10(2)22(3)9-11-4-6-12(7-5-11)16(23)19-15-13-8-14(18(24)25)26-17(13)21-20-15/h4-8,10H,9H2,1-3H3,(H,24,25)(H2,19,20,21,23). The van der Waals surface area contributed by atoms with E-state index in [4.69, 9.17) is 5.11 Å². The Morgan fingerprint density at radius 2 is 2.00 bits per heavy atom. The summed E-state index contributed by atoms with van der Waals surface area (Å²) in [5.41, 5.74) is 1.66. The highest BCUT2D eigenvalue weighted by Gasteiger charge is 2.16. The zero-order valence-corrected chi connectivity index (χ0v) is 15.6. The number of H-pyrrole nitrogens is 1. The molecule has 3 N–H and O–H groups in total. The van der Waals surface area contributed by atoms with Crippen LogP contribution in [0.1, 0.15) is 39.4 Å². The summed E-state index contributed by atoms with van der Waals surface area (Å²) in [6, 6.07) is 9.38. The van der Waals surface area contributed by atoms with E-state index in [0.717, 1.165) is 23.4 Å². The van der Waals surface area contributed by atoms with Crippen LogP contribution in [0.4, 0.5) is 5.82 Å². The first kappa shape index (κ1) is 18.1. The van der Waals surface area contributed by atoms with Gasteiger partial charge in [-0.1, -0.05) is 12.1 Å². The van der Waals surface area contributed by atoms with E-state index >= 15 is 0 Å². The van der Waals surface area contributed by atoms with Crippen LogP contribution in [0.15, 0.2) is 30.3 Å². The number of carboxylic acid groups (broad SMARTS) is 1. The van der Waals surface area contributed by atoms with Crippen LogP contribution in [-0.2, 0) is 6.54 Å². The summed E-state index contributed by atoms with van der Waals surface area (Å²) in [6.45, 7) is 5.08. The highest BCUT2D eigenvalue weighted by Crippen LogP contribution is 2.29. The van der Waals surface area contributed by atoms with Crippen LogP contribution < -0.4 is 5.32 Å². The molecule has 0 bridgehead atoms. The number of nitrogens with zero attached hydrogens (tertiary/aromatic N) is 2. The van der Waals surface area contributed by atoms with Crippen LogP contribution in [0.25, 0.3) is 10.2 Å². The van der Waals surface area contributed by atoms with Crippen molar-refractivity contribution >= 4 is 39.2 Å². The van der Waals surface area contributed by atoms with Crippen molar-refractivity contribution in [2.45, 2.75) is 26.4 Å². The van der Waals surface area contributed by atoms with Crippen LogP contribution >= 0.6 is 11.3 Å². The topological polar surface area (TPSA) is 98.3 Å². The van der Waals surface area contributed by atoms with Gasteiger partial charge in [0.15, 0.2) is 0 Å². The van der Waals surface area contributed by atoms with E-state index in [-0.39, 0.29) is 10.8 Å². The van der Waals surface area contributed by atoms with E-state index < -0.39 is 5.97 Å². The predicted molar refractivity (Wildman–Crippen MR) is 102 cm³/mol. The molecule has 7 nitrogen and oxygen atoms in total. The van der Waals surface area contributed by atoms with Crippen molar-refractivity contribution in [2.75, 3.05) is 12.4 Å². The molecule has 3 rings (SSSR count). The molecule has 0 unspecified atom stereocenters. The molecule has 8 heteroatoms. The summed E-state index contributed by atoms with van der Waals surface area (Å²) in [4.78, 5) is 26.5. The van der Waals surface area contributed by atoms with Crippen molar-refractivity contribution < 1.29 is 14.7 Å². The van der Waals surface area contributed by atoms with Crippen LogP contribution in [-0.4, -0.2) is 45.2 Å². The van der Waals surface area contributed by atoms with Crippen molar-refractivity contribution in [1.82, 2.24) is 15.1 Å². The average Bonchev–Trinajstić information content (AvgIpc) is 3.17. The van der Waals surface area contributed by atoms with Gasteiger partial charge in [0.1, 0.15) is 15.5 Å². The van der Waals surface area contributed by atoms with Crippen molar-refractivity contribution in [3.8, 4) is 0 Å². The third-order valence-corrected chi connectivity index (χ3v) is 5.25. The number of amides is 1. The van der Waals surface area contributed by atoms with Crippen molar-refractivity contribution in [1.29, 1.82) is 0 Å². The summed E-state index contributed by atoms with van der Waals surface area (Å²) < 4.78 is 0. The second-order valence-corrected chi connectivity index (χ2v) is 7.42. The first-order valence-electron chi connectivity index (χ1n) is 8.17. The maximum Gasteiger partial charge on any atom is 0.345 e. The fraction of sp³-hybridized carbons (Fsp3) is 0.278. The molecule has 0 fully saturated rings. The zero-order chi connectivity index (χ0) is 18.8. The van der Waals surface area contributed by atoms with Gasteiger partial charge in [-0.15, -0.1) is 11.3 Å². The van der Waals surface area contributed by atoms with Gasteiger partial charge in [-0.3, -0.25) is 14.8 Å². The molecule has 0 aliphatic carbocycles. The maximum absolute atomic E-state index is 12.5. The average molecular weight is 372 g/mol. The lowest BCUT2D eigenvalue weighted by atomic mass is 10.1. The number of carbonyl (C=O) groups is 2. The Bertz CT molecular complexity index is 943. The molecule has 0 aliphatic heterocycles. The molecule has 0 saturated heterocycles. The summed E-state index contributed by atoms with van der Waals surface area (Å²) in [6.07, 6.45) is 0. The number of rotatable bonds is 6.